The third-order valence-electron chi connectivity index (χ3n) is 18.4. The summed E-state index contributed by atoms with van der Waals surface area (Å²) in [6.45, 7) is 4.93. The van der Waals surface area contributed by atoms with Crippen molar-refractivity contribution in [3.8, 4) is 0 Å². The molecular weight excluding hydrogens is 1050 g/mol. The molecule has 0 spiro atoms. The van der Waals surface area contributed by atoms with E-state index in [1.807, 2.05) is 6.08 Å². The molecule has 0 aromatic rings. The van der Waals surface area contributed by atoms with Crippen LogP contribution in [0.5, 0.6) is 0 Å². The highest BCUT2D eigenvalue weighted by molar-refractivity contribution is 5.76. The van der Waals surface area contributed by atoms with Crippen LogP contribution in [-0.4, -0.2) is 47.4 Å². The van der Waals surface area contributed by atoms with E-state index in [0.717, 1.165) is 51.4 Å². The number of carbonyl (C=O) groups is 2. The Morgan fingerprint density at radius 1 is 0.326 bits per heavy atom. The molecule has 0 bridgehead atoms. The number of hydrogen-bond acceptors (Lipinski definition) is 5. The van der Waals surface area contributed by atoms with Gasteiger partial charge in [-0.25, -0.2) is 0 Å². The summed E-state index contributed by atoms with van der Waals surface area (Å²) in [6.07, 6.45) is 98.4. The third kappa shape index (κ3) is 71.2. The van der Waals surface area contributed by atoms with Crippen molar-refractivity contribution in [2.24, 2.45) is 0 Å². The number of carbonyl (C=O) groups excluding carboxylic acids is 2. The van der Waals surface area contributed by atoms with E-state index in [1.165, 1.54) is 360 Å². The summed E-state index contributed by atoms with van der Waals surface area (Å²) in [5.41, 5.74) is 0. The zero-order chi connectivity index (χ0) is 62.0. The van der Waals surface area contributed by atoms with Gasteiger partial charge in [0.15, 0.2) is 0 Å². The first kappa shape index (κ1) is 84.1. The molecule has 0 rings (SSSR count). The lowest BCUT2D eigenvalue weighted by molar-refractivity contribution is -0.143. The monoisotopic (exact) mass is 1210 g/mol. The standard InChI is InChI=1S/C80H153NO5/c1-3-5-7-9-11-13-15-17-19-21-42-46-50-54-58-62-66-70-74-80(85)86-75-71-67-63-59-55-51-47-43-40-38-36-34-32-30-28-26-24-22-23-25-27-29-31-33-35-37-39-41-45-49-53-57-61-65-69-73-79(84)81-77(76-82)78(83)72-68-64-60-56-52-48-44-20-18-16-14-12-10-8-6-4-2/h13,15,19,21,68,72,77-78,82-83H,3-12,14,16-18,20,22-67,69-71,73-76H2,1-2H3,(H,81,84)/b15-13-,21-19-,72-68+. The van der Waals surface area contributed by atoms with E-state index >= 15 is 0 Å². The van der Waals surface area contributed by atoms with Gasteiger partial charge in [-0.3, -0.25) is 9.59 Å². The Kier molecular flexibility index (Phi) is 73.9. The zero-order valence-electron chi connectivity index (χ0n) is 58.3. The van der Waals surface area contributed by atoms with E-state index in [-0.39, 0.29) is 18.5 Å². The lowest BCUT2D eigenvalue weighted by Gasteiger charge is -2.20. The Morgan fingerprint density at radius 3 is 0.895 bits per heavy atom. The lowest BCUT2D eigenvalue weighted by atomic mass is 10.0. The summed E-state index contributed by atoms with van der Waals surface area (Å²) in [6, 6.07) is -0.624. The van der Waals surface area contributed by atoms with Gasteiger partial charge in [-0.1, -0.05) is 397 Å². The van der Waals surface area contributed by atoms with Crippen molar-refractivity contribution >= 4 is 11.9 Å². The molecule has 0 aromatic heterocycles. The van der Waals surface area contributed by atoms with Gasteiger partial charge in [0, 0.05) is 12.8 Å². The van der Waals surface area contributed by atoms with Crippen LogP contribution in [0.4, 0.5) is 0 Å². The summed E-state index contributed by atoms with van der Waals surface area (Å²) in [7, 11) is 0. The molecule has 0 aromatic carbocycles. The highest BCUT2D eigenvalue weighted by Gasteiger charge is 2.18. The predicted molar refractivity (Wildman–Crippen MR) is 379 cm³/mol. The van der Waals surface area contributed by atoms with Gasteiger partial charge in [-0.2, -0.15) is 0 Å². The number of nitrogens with one attached hydrogen (secondary N) is 1. The number of unbranched alkanes of at least 4 members (excludes halogenated alkanes) is 59. The minimum Gasteiger partial charge on any atom is -0.466 e. The van der Waals surface area contributed by atoms with E-state index in [1.54, 1.807) is 6.08 Å². The Hall–Kier alpha value is -1.92. The minimum absolute atomic E-state index is 0.0156. The highest BCUT2D eigenvalue weighted by atomic mass is 16.5. The molecule has 0 heterocycles. The number of esters is 1. The van der Waals surface area contributed by atoms with Crippen LogP contribution in [0.15, 0.2) is 36.5 Å². The molecule has 2 atom stereocenters. The number of amides is 1. The maximum absolute atomic E-state index is 12.5. The summed E-state index contributed by atoms with van der Waals surface area (Å²) >= 11 is 0. The van der Waals surface area contributed by atoms with Crippen molar-refractivity contribution in [1.29, 1.82) is 0 Å². The Labute approximate surface area is 538 Å². The molecule has 0 aliphatic rings. The van der Waals surface area contributed by atoms with Crippen LogP contribution >= 0.6 is 0 Å². The second-order valence-electron chi connectivity index (χ2n) is 27.0. The fourth-order valence-electron chi connectivity index (χ4n) is 12.4. The largest absolute Gasteiger partial charge is 0.466 e. The molecule has 3 N–H and O–H groups in total. The topological polar surface area (TPSA) is 95.9 Å². The normalized spacial score (nSPS) is 12.7. The van der Waals surface area contributed by atoms with E-state index in [9.17, 15) is 19.8 Å². The van der Waals surface area contributed by atoms with E-state index in [0.29, 0.717) is 19.4 Å². The van der Waals surface area contributed by atoms with Crippen LogP contribution < -0.4 is 5.32 Å². The average Bonchev–Trinajstić information content (AvgIpc) is 3.60. The number of rotatable bonds is 74. The minimum atomic E-state index is -0.841. The average molecular weight is 1210 g/mol. The number of aliphatic hydroxyl groups excluding tert-OH is 2. The summed E-state index contributed by atoms with van der Waals surface area (Å²) in [5.74, 6) is -0.0439. The van der Waals surface area contributed by atoms with Crippen LogP contribution in [0.3, 0.4) is 0 Å². The van der Waals surface area contributed by atoms with Crippen molar-refractivity contribution in [3.05, 3.63) is 36.5 Å². The third-order valence-corrected chi connectivity index (χ3v) is 18.4. The smallest absolute Gasteiger partial charge is 0.305 e. The van der Waals surface area contributed by atoms with Gasteiger partial charge in [0.1, 0.15) is 0 Å². The molecule has 86 heavy (non-hydrogen) atoms. The van der Waals surface area contributed by atoms with Crippen LogP contribution in [0, 0.1) is 0 Å². The SMILES string of the molecule is CCCCCC/C=C\C/C=C\CCCCCCCCCC(=O)OCCCCCCCCCCCCCCCCCCCCCCCCCCCCCCCCCCCCCC(=O)NC(CO)C(O)/C=C/CCCCCCCCCCCCCCCC. The van der Waals surface area contributed by atoms with Gasteiger partial charge >= 0.3 is 5.97 Å². The molecule has 0 saturated heterocycles. The molecule has 1 amide bonds. The Balaban J connectivity index is 3.32. The molecule has 508 valence electrons. The van der Waals surface area contributed by atoms with E-state index in [2.05, 4.69) is 43.5 Å². The van der Waals surface area contributed by atoms with Crippen molar-refractivity contribution in [2.75, 3.05) is 13.2 Å². The van der Waals surface area contributed by atoms with Crippen molar-refractivity contribution in [2.45, 2.75) is 450 Å². The van der Waals surface area contributed by atoms with Gasteiger partial charge in [-0.05, 0) is 64.2 Å². The fraction of sp³-hybridized carbons (Fsp3) is 0.900. The maximum Gasteiger partial charge on any atom is 0.305 e. The molecule has 2 unspecified atom stereocenters. The molecule has 0 saturated carbocycles. The Bertz CT molecular complexity index is 1390. The van der Waals surface area contributed by atoms with Gasteiger partial charge in [-0.15, -0.1) is 0 Å². The maximum atomic E-state index is 12.5. The van der Waals surface area contributed by atoms with E-state index in [4.69, 9.17) is 4.74 Å². The van der Waals surface area contributed by atoms with Crippen molar-refractivity contribution in [1.82, 2.24) is 5.32 Å². The highest BCUT2D eigenvalue weighted by Crippen LogP contribution is 2.20. The second kappa shape index (κ2) is 75.5. The summed E-state index contributed by atoms with van der Waals surface area (Å²) < 4.78 is 5.51. The predicted octanol–water partition coefficient (Wildman–Crippen LogP) is 25.8. The van der Waals surface area contributed by atoms with Gasteiger partial charge < -0.3 is 20.3 Å². The molecule has 6 heteroatoms. The van der Waals surface area contributed by atoms with Crippen LogP contribution in [0.1, 0.15) is 438 Å². The molecular formula is C80H153NO5. The van der Waals surface area contributed by atoms with E-state index < -0.39 is 12.1 Å². The fourth-order valence-corrected chi connectivity index (χ4v) is 12.4. The van der Waals surface area contributed by atoms with Crippen LogP contribution in [0.25, 0.3) is 0 Å². The van der Waals surface area contributed by atoms with Crippen molar-refractivity contribution < 1.29 is 24.5 Å². The quantitative estimate of drug-likeness (QED) is 0.0320. The molecule has 0 aliphatic carbocycles. The number of hydrogen-bond donors (Lipinski definition) is 3. The first-order valence-electron chi connectivity index (χ1n) is 39.3. The van der Waals surface area contributed by atoms with Crippen LogP contribution in [-0.2, 0) is 14.3 Å². The summed E-state index contributed by atoms with van der Waals surface area (Å²) in [4.78, 5) is 24.6. The molecule has 0 aliphatic heterocycles. The first-order valence-corrected chi connectivity index (χ1v) is 39.3. The number of aliphatic hydroxyl groups is 2. The van der Waals surface area contributed by atoms with Crippen LogP contribution in [0.2, 0.25) is 0 Å². The zero-order valence-corrected chi connectivity index (χ0v) is 58.3. The van der Waals surface area contributed by atoms with Crippen molar-refractivity contribution in [3.63, 3.8) is 0 Å². The second-order valence-corrected chi connectivity index (χ2v) is 27.0. The molecule has 0 fully saturated rings. The molecule has 6 nitrogen and oxygen atoms in total. The summed E-state index contributed by atoms with van der Waals surface area (Å²) in [5, 5.41) is 23.2. The van der Waals surface area contributed by atoms with Gasteiger partial charge in [0.25, 0.3) is 0 Å². The van der Waals surface area contributed by atoms with Gasteiger partial charge in [0.05, 0.1) is 25.4 Å². The lowest BCUT2D eigenvalue weighted by Crippen LogP contribution is -2.45. The molecule has 0 radical (unpaired) electrons. The number of allylic oxidation sites excluding steroid dienone is 5. The number of ether oxygens (including phenoxy) is 1. The van der Waals surface area contributed by atoms with Gasteiger partial charge in [0.2, 0.25) is 5.91 Å². The Morgan fingerprint density at radius 2 is 0.581 bits per heavy atom. The first-order chi connectivity index (χ1) is 42.5.